The molecule has 0 unspecified atom stereocenters. The zero-order chi connectivity index (χ0) is 15.7. The highest BCUT2D eigenvalue weighted by Gasteiger charge is 2.12. The second kappa shape index (κ2) is 5.55. The molecule has 108 valence electrons. The summed E-state index contributed by atoms with van der Waals surface area (Å²) in [7, 11) is 1.58. The molecule has 4 nitrogen and oxygen atoms in total. The lowest BCUT2D eigenvalue weighted by Gasteiger charge is -2.06. The summed E-state index contributed by atoms with van der Waals surface area (Å²) in [4.78, 5) is 12.2. The Morgan fingerprint density at radius 1 is 1.18 bits per heavy atom. The van der Waals surface area contributed by atoms with Crippen molar-refractivity contribution in [2.75, 3.05) is 7.11 Å². The molecule has 5 heteroatoms. The van der Waals surface area contributed by atoms with E-state index in [1.807, 2.05) is 6.07 Å². The zero-order valence-electron chi connectivity index (χ0n) is 11.6. The minimum Gasteiger partial charge on any atom is -0.497 e. The molecule has 0 spiro atoms. The fourth-order valence-corrected chi connectivity index (χ4v) is 2.42. The summed E-state index contributed by atoms with van der Waals surface area (Å²) in [5, 5.41) is 9.52. The van der Waals surface area contributed by atoms with E-state index in [-0.39, 0.29) is 21.6 Å². The third-order valence-corrected chi connectivity index (χ3v) is 3.71. The van der Waals surface area contributed by atoms with Gasteiger partial charge >= 0.3 is 0 Å². The Kier molecular flexibility index (Phi) is 3.58. The molecule has 0 amide bonds. The van der Waals surface area contributed by atoms with Gasteiger partial charge in [0, 0.05) is 11.6 Å². The predicted octanol–water partition coefficient (Wildman–Crippen LogP) is 3.99. The molecule has 0 aliphatic heterocycles. The van der Waals surface area contributed by atoms with E-state index in [9.17, 15) is 4.79 Å². The largest absolute Gasteiger partial charge is 0.497 e. The van der Waals surface area contributed by atoms with Gasteiger partial charge in [-0.1, -0.05) is 11.6 Å². The van der Waals surface area contributed by atoms with Gasteiger partial charge in [0.05, 0.1) is 18.1 Å². The summed E-state index contributed by atoms with van der Waals surface area (Å²) in [5.41, 5.74) is 1.000. The average molecular weight is 312 g/mol. The van der Waals surface area contributed by atoms with Crippen molar-refractivity contribution in [2.24, 2.45) is 0 Å². The number of fused-ring (bicyclic) bond motifs is 1. The Labute approximate surface area is 131 Å². The van der Waals surface area contributed by atoms with Crippen molar-refractivity contribution in [3.63, 3.8) is 0 Å². The van der Waals surface area contributed by atoms with E-state index < -0.39 is 0 Å². The first-order chi connectivity index (χ1) is 10.6. The first-order valence-corrected chi connectivity index (χ1v) is 6.82. The maximum Gasteiger partial charge on any atom is 0.193 e. The summed E-state index contributed by atoms with van der Waals surface area (Å²) < 4.78 is 10.9. The maximum absolute atomic E-state index is 12.2. The summed E-state index contributed by atoms with van der Waals surface area (Å²) >= 11 is 6.15. The fraction of sp³-hybridized carbons (Fsp3) is 0.0588. The molecular formula is C17H10ClNO3. The molecule has 0 radical (unpaired) electrons. The third-order valence-electron chi connectivity index (χ3n) is 3.33. The first-order valence-electron chi connectivity index (χ1n) is 6.45. The maximum atomic E-state index is 12.2. The fourth-order valence-electron chi connectivity index (χ4n) is 2.17. The van der Waals surface area contributed by atoms with Crippen LogP contribution in [0.2, 0.25) is 5.02 Å². The molecule has 0 bridgehead atoms. The first kappa shape index (κ1) is 14.2. The van der Waals surface area contributed by atoms with Crippen LogP contribution in [0.5, 0.6) is 5.75 Å². The molecule has 3 aromatic rings. The van der Waals surface area contributed by atoms with Crippen LogP contribution in [0.1, 0.15) is 5.56 Å². The van der Waals surface area contributed by atoms with Gasteiger partial charge in [0.1, 0.15) is 22.6 Å². The van der Waals surface area contributed by atoms with Crippen LogP contribution < -0.4 is 10.2 Å². The normalized spacial score (nSPS) is 10.4. The van der Waals surface area contributed by atoms with Crippen LogP contribution in [-0.2, 0) is 0 Å². The van der Waals surface area contributed by atoms with E-state index in [0.717, 1.165) is 5.56 Å². The van der Waals surface area contributed by atoms with Crippen molar-refractivity contribution >= 4 is 22.6 Å². The van der Waals surface area contributed by atoms with Crippen LogP contribution >= 0.6 is 11.6 Å². The Hall–Kier alpha value is -2.77. The van der Waals surface area contributed by atoms with Gasteiger partial charge in [0.15, 0.2) is 11.0 Å². The van der Waals surface area contributed by atoms with E-state index in [4.69, 9.17) is 26.0 Å². The van der Waals surface area contributed by atoms with Crippen molar-refractivity contribution in [2.45, 2.75) is 0 Å². The number of ether oxygens (including phenoxy) is 1. The van der Waals surface area contributed by atoms with E-state index in [1.165, 1.54) is 12.1 Å². The van der Waals surface area contributed by atoms with Crippen molar-refractivity contribution in [1.29, 1.82) is 5.26 Å². The van der Waals surface area contributed by atoms with E-state index in [0.29, 0.717) is 16.9 Å². The number of nitriles is 1. The van der Waals surface area contributed by atoms with Crippen LogP contribution in [-0.4, -0.2) is 7.11 Å². The molecule has 1 aromatic heterocycles. The zero-order valence-corrected chi connectivity index (χ0v) is 12.3. The van der Waals surface area contributed by atoms with Crippen molar-refractivity contribution < 1.29 is 9.15 Å². The third kappa shape index (κ3) is 2.32. The van der Waals surface area contributed by atoms with E-state index in [1.54, 1.807) is 37.4 Å². The molecule has 0 N–H and O–H groups in total. The molecule has 1 heterocycles. The molecule has 0 atom stereocenters. The highest BCUT2D eigenvalue weighted by molar-refractivity contribution is 6.36. The van der Waals surface area contributed by atoms with E-state index >= 15 is 0 Å². The number of hydrogen-bond acceptors (Lipinski definition) is 4. The van der Waals surface area contributed by atoms with Gasteiger partial charge < -0.3 is 9.15 Å². The minimum absolute atomic E-state index is 0.146. The summed E-state index contributed by atoms with van der Waals surface area (Å²) in [5.74, 6) is 1.09. The summed E-state index contributed by atoms with van der Waals surface area (Å²) in [6, 6.07) is 13.5. The molecule has 0 aliphatic rings. The molecule has 0 saturated carbocycles. The topological polar surface area (TPSA) is 63.2 Å². The number of nitrogens with zero attached hydrogens (tertiary/aromatic N) is 1. The van der Waals surface area contributed by atoms with Crippen LogP contribution in [0.3, 0.4) is 0 Å². The average Bonchev–Trinajstić information content (AvgIpc) is 2.56. The molecule has 22 heavy (non-hydrogen) atoms. The van der Waals surface area contributed by atoms with Gasteiger partial charge in [0.2, 0.25) is 0 Å². The Bertz CT molecular complexity index is 953. The van der Waals surface area contributed by atoms with Gasteiger partial charge in [-0.15, -0.1) is 0 Å². The van der Waals surface area contributed by atoms with Gasteiger partial charge in [0.25, 0.3) is 0 Å². The molecular weight excluding hydrogens is 302 g/mol. The highest BCUT2D eigenvalue weighted by Crippen LogP contribution is 2.29. The molecule has 2 aromatic carbocycles. The van der Waals surface area contributed by atoms with Crippen molar-refractivity contribution in [3.05, 3.63) is 63.3 Å². The number of rotatable bonds is 2. The SMILES string of the molecule is COc1ccc(-c2cc(=O)c3ccc(C#N)c(Cl)c3o2)cc1. The van der Waals surface area contributed by atoms with Crippen LogP contribution in [0.15, 0.2) is 51.7 Å². The molecule has 0 saturated heterocycles. The monoisotopic (exact) mass is 311 g/mol. The highest BCUT2D eigenvalue weighted by atomic mass is 35.5. The lowest BCUT2D eigenvalue weighted by atomic mass is 10.1. The van der Waals surface area contributed by atoms with Gasteiger partial charge in [-0.05, 0) is 36.4 Å². The van der Waals surface area contributed by atoms with Crippen molar-refractivity contribution in [1.82, 2.24) is 0 Å². The van der Waals surface area contributed by atoms with Crippen LogP contribution in [0.4, 0.5) is 0 Å². The number of halogens is 1. The molecule has 3 rings (SSSR count). The Morgan fingerprint density at radius 2 is 1.91 bits per heavy atom. The van der Waals surface area contributed by atoms with Gasteiger partial charge in [-0.3, -0.25) is 4.79 Å². The van der Waals surface area contributed by atoms with Gasteiger partial charge in [-0.25, -0.2) is 0 Å². The lowest BCUT2D eigenvalue weighted by molar-refractivity contribution is 0.415. The lowest BCUT2D eigenvalue weighted by Crippen LogP contribution is -2.01. The standard InChI is InChI=1S/C17H10ClNO3/c1-21-12-5-2-10(3-6-12)15-8-14(20)13-7-4-11(9-19)16(18)17(13)22-15/h2-8H,1H3. The second-order valence-electron chi connectivity index (χ2n) is 4.62. The van der Waals surface area contributed by atoms with E-state index in [2.05, 4.69) is 0 Å². The summed E-state index contributed by atoms with van der Waals surface area (Å²) in [6.07, 6.45) is 0. The summed E-state index contributed by atoms with van der Waals surface area (Å²) in [6.45, 7) is 0. The quantitative estimate of drug-likeness (QED) is 0.717. The van der Waals surface area contributed by atoms with Crippen LogP contribution in [0.25, 0.3) is 22.3 Å². The predicted molar refractivity (Wildman–Crippen MR) is 84.2 cm³/mol. The Morgan fingerprint density at radius 3 is 2.55 bits per heavy atom. The second-order valence-corrected chi connectivity index (χ2v) is 5.00. The smallest absolute Gasteiger partial charge is 0.193 e. The van der Waals surface area contributed by atoms with Crippen LogP contribution in [0, 0.1) is 11.3 Å². The Balaban J connectivity index is 2.25. The minimum atomic E-state index is -0.210. The van der Waals surface area contributed by atoms with Crippen molar-refractivity contribution in [3.8, 4) is 23.1 Å². The molecule has 0 aliphatic carbocycles. The number of methoxy groups -OCH3 is 1. The van der Waals surface area contributed by atoms with Gasteiger partial charge in [-0.2, -0.15) is 5.26 Å². The number of benzene rings is 2. The number of hydrogen-bond donors (Lipinski definition) is 0. The molecule has 0 fully saturated rings.